The van der Waals surface area contributed by atoms with E-state index in [2.05, 4.69) is 32.0 Å². The van der Waals surface area contributed by atoms with Crippen LogP contribution in [0.5, 0.6) is 0 Å². The zero-order valence-electron chi connectivity index (χ0n) is 16.0. The zero-order chi connectivity index (χ0) is 17.9. The fourth-order valence-electron chi connectivity index (χ4n) is 4.89. The molecule has 6 heteroatoms. The summed E-state index contributed by atoms with van der Waals surface area (Å²) in [5.74, 6) is 0.682. The zero-order valence-corrected chi connectivity index (χ0v) is 16.8. The minimum atomic E-state index is 0.248. The van der Waals surface area contributed by atoms with E-state index in [0.29, 0.717) is 11.9 Å². The van der Waals surface area contributed by atoms with Crippen LogP contribution in [0, 0.1) is 12.8 Å². The Hall–Kier alpha value is -0.980. The van der Waals surface area contributed by atoms with E-state index in [4.69, 9.17) is 0 Å². The standard InChI is InChI=1S/C20H32N4OS/c1-16-21-18(15-26-16)14-22-11-6-19(7-12-22)24-10-4-5-17(13-24)20(25)23-8-2-3-9-23/h15,17,19H,2-14H2,1H3. The van der Waals surface area contributed by atoms with Crippen LogP contribution in [0.15, 0.2) is 5.38 Å². The number of likely N-dealkylation sites (tertiary alicyclic amines) is 3. The van der Waals surface area contributed by atoms with E-state index in [1.54, 1.807) is 11.3 Å². The number of nitrogens with zero attached hydrogens (tertiary/aromatic N) is 4. The molecular formula is C20H32N4OS. The van der Waals surface area contributed by atoms with Gasteiger partial charge in [0.2, 0.25) is 5.91 Å². The lowest BCUT2D eigenvalue weighted by Crippen LogP contribution is -2.51. The molecular weight excluding hydrogens is 344 g/mol. The van der Waals surface area contributed by atoms with Crippen molar-refractivity contribution in [2.24, 2.45) is 5.92 Å². The second kappa shape index (κ2) is 8.36. The summed E-state index contributed by atoms with van der Waals surface area (Å²) >= 11 is 1.75. The third-order valence-electron chi connectivity index (χ3n) is 6.35. The lowest BCUT2D eigenvalue weighted by molar-refractivity contribution is -0.136. The number of piperidine rings is 2. The summed E-state index contributed by atoms with van der Waals surface area (Å²) in [6.45, 7) is 9.54. The molecule has 3 aliphatic heterocycles. The van der Waals surface area contributed by atoms with Crippen LogP contribution >= 0.6 is 11.3 Å². The Morgan fingerprint density at radius 3 is 2.58 bits per heavy atom. The predicted octanol–water partition coefficient (Wildman–Crippen LogP) is 2.75. The van der Waals surface area contributed by atoms with Gasteiger partial charge in [0.1, 0.15) is 0 Å². The molecule has 4 heterocycles. The second-order valence-electron chi connectivity index (χ2n) is 8.23. The molecule has 0 spiro atoms. The molecule has 0 aromatic carbocycles. The van der Waals surface area contributed by atoms with Crippen molar-refractivity contribution < 1.29 is 4.79 Å². The fourth-order valence-corrected chi connectivity index (χ4v) is 5.49. The van der Waals surface area contributed by atoms with E-state index in [-0.39, 0.29) is 5.92 Å². The van der Waals surface area contributed by atoms with Crippen LogP contribution in [0.4, 0.5) is 0 Å². The van der Waals surface area contributed by atoms with Gasteiger partial charge in [-0.1, -0.05) is 0 Å². The number of aromatic nitrogens is 1. The van der Waals surface area contributed by atoms with Gasteiger partial charge >= 0.3 is 0 Å². The number of hydrogen-bond acceptors (Lipinski definition) is 5. The molecule has 3 fully saturated rings. The first-order valence-corrected chi connectivity index (χ1v) is 11.2. The van der Waals surface area contributed by atoms with Gasteiger partial charge in [0.05, 0.1) is 16.6 Å². The average molecular weight is 377 g/mol. The number of amides is 1. The molecule has 1 amide bonds. The van der Waals surface area contributed by atoms with Crippen molar-refractivity contribution >= 4 is 17.2 Å². The van der Waals surface area contributed by atoms with Crippen molar-refractivity contribution in [3.8, 4) is 0 Å². The van der Waals surface area contributed by atoms with E-state index in [1.165, 1.54) is 44.3 Å². The molecule has 1 unspecified atom stereocenters. The van der Waals surface area contributed by atoms with Crippen LogP contribution in [0.2, 0.25) is 0 Å². The molecule has 1 aromatic heterocycles. The van der Waals surface area contributed by atoms with Crippen LogP contribution < -0.4 is 0 Å². The molecule has 3 aliphatic rings. The maximum atomic E-state index is 12.8. The fraction of sp³-hybridized carbons (Fsp3) is 0.800. The molecule has 3 saturated heterocycles. The van der Waals surface area contributed by atoms with E-state index in [9.17, 15) is 4.79 Å². The molecule has 1 aromatic rings. The Morgan fingerprint density at radius 2 is 1.88 bits per heavy atom. The quantitative estimate of drug-likeness (QED) is 0.810. The Morgan fingerprint density at radius 1 is 1.12 bits per heavy atom. The van der Waals surface area contributed by atoms with Gasteiger partial charge in [0.25, 0.3) is 0 Å². The first-order chi connectivity index (χ1) is 12.7. The lowest BCUT2D eigenvalue weighted by Gasteiger charge is -2.42. The predicted molar refractivity (Wildman–Crippen MR) is 105 cm³/mol. The van der Waals surface area contributed by atoms with Crippen LogP contribution in [0.25, 0.3) is 0 Å². The Labute approximate surface area is 161 Å². The van der Waals surface area contributed by atoms with E-state index < -0.39 is 0 Å². The molecule has 0 bridgehead atoms. The summed E-state index contributed by atoms with van der Waals surface area (Å²) in [5.41, 5.74) is 1.22. The topological polar surface area (TPSA) is 39.7 Å². The maximum Gasteiger partial charge on any atom is 0.226 e. The van der Waals surface area contributed by atoms with Gasteiger partial charge < -0.3 is 4.90 Å². The minimum absolute atomic E-state index is 0.248. The van der Waals surface area contributed by atoms with Crippen LogP contribution in [-0.4, -0.2) is 70.9 Å². The van der Waals surface area contributed by atoms with Crippen molar-refractivity contribution in [1.82, 2.24) is 19.7 Å². The van der Waals surface area contributed by atoms with E-state index in [0.717, 1.165) is 50.7 Å². The van der Waals surface area contributed by atoms with Crippen molar-refractivity contribution in [1.29, 1.82) is 0 Å². The van der Waals surface area contributed by atoms with Crippen LogP contribution in [0.1, 0.15) is 49.2 Å². The second-order valence-corrected chi connectivity index (χ2v) is 9.29. The summed E-state index contributed by atoms with van der Waals surface area (Å²) in [6, 6.07) is 0.664. The molecule has 0 aliphatic carbocycles. The summed E-state index contributed by atoms with van der Waals surface area (Å²) in [5, 5.41) is 3.36. The monoisotopic (exact) mass is 376 g/mol. The van der Waals surface area contributed by atoms with Crippen molar-refractivity contribution in [3.05, 3.63) is 16.1 Å². The van der Waals surface area contributed by atoms with Crippen molar-refractivity contribution in [2.45, 2.75) is 58.0 Å². The Kier molecular flexibility index (Phi) is 5.91. The third kappa shape index (κ3) is 4.29. The van der Waals surface area contributed by atoms with Gasteiger partial charge in [0, 0.05) is 50.7 Å². The molecule has 0 N–H and O–H groups in total. The van der Waals surface area contributed by atoms with Crippen LogP contribution in [0.3, 0.4) is 0 Å². The first kappa shape index (κ1) is 18.4. The molecule has 0 radical (unpaired) electrons. The SMILES string of the molecule is Cc1nc(CN2CCC(N3CCCC(C(=O)N4CCCC4)C3)CC2)cs1. The summed E-state index contributed by atoms with van der Waals surface area (Å²) < 4.78 is 0. The number of carbonyl (C=O) groups excluding carboxylic acids is 1. The largest absolute Gasteiger partial charge is 0.342 e. The number of rotatable bonds is 4. The highest BCUT2D eigenvalue weighted by molar-refractivity contribution is 7.09. The summed E-state index contributed by atoms with van der Waals surface area (Å²) in [7, 11) is 0. The van der Waals surface area contributed by atoms with Gasteiger partial charge in [-0.25, -0.2) is 4.98 Å². The molecule has 5 nitrogen and oxygen atoms in total. The molecule has 1 atom stereocenters. The number of aryl methyl sites for hydroxylation is 1. The normalized spacial score (nSPS) is 26.5. The summed E-state index contributed by atoms with van der Waals surface area (Å²) in [4.78, 5) is 24.7. The van der Waals surface area contributed by atoms with Gasteiger partial charge in [-0.05, 0) is 52.0 Å². The molecule has 4 rings (SSSR count). The third-order valence-corrected chi connectivity index (χ3v) is 7.17. The molecule has 26 heavy (non-hydrogen) atoms. The number of hydrogen-bond donors (Lipinski definition) is 0. The average Bonchev–Trinajstić information content (AvgIpc) is 3.34. The van der Waals surface area contributed by atoms with E-state index >= 15 is 0 Å². The van der Waals surface area contributed by atoms with Crippen molar-refractivity contribution in [3.63, 3.8) is 0 Å². The maximum absolute atomic E-state index is 12.8. The highest BCUT2D eigenvalue weighted by Crippen LogP contribution is 2.26. The summed E-state index contributed by atoms with van der Waals surface area (Å²) in [6.07, 6.45) is 7.12. The van der Waals surface area contributed by atoms with Gasteiger partial charge in [-0.3, -0.25) is 14.6 Å². The van der Waals surface area contributed by atoms with Gasteiger partial charge in [-0.15, -0.1) is 11.3 Å². The smallest absolute Gasteiger partial charge is 0.226 e. The molecule has 144 valence electrons. The lowest BCUT2D eigenvalue weighted by atomic mass is 9.93. The Bertz CT molecular complexity index is 605. The van der Waals surface area contributed by atoms with Crippen molar-refractivity contribution in [2.75, 3.05) is 39.3 Å². The number of carbonyl (C=O) groups is 1. The Balaban J connectivity index is 1.26. The highest BCUT2D eigenvalue weighted by atomic mass is 32.1. The van der Waals surface area contributed by atoms with Crippen LogP contribution in [-0.2, 0) is 11.3 Å². The van der Waals surface area contributed by atoms with Gasteiger partial charge in [-0.2, -0.15) is 0 Å². The molecule has 0 saturated carbocycles. The van der Waals surface area contributed by atoms with Gasteiger partial charge in [0.15, 0.2) is 0 Å². The van der Waals surface area contributed by atoms with E-state index in [1.807, 2.05) is 0 Å². The highest BCUT2D eigenvalue weighted by Gasteiger charge is 2.34. The number of thiazole rings is 1. The first-order valence-electron chi connectivity index (χ1n) is 10.4. The minimum Gasteiger partial charge on any atom is -0.342 e.